The molecule has 1 aromatic carbocycles. The number of rotatable bonds is 3. The minimum atomic E-state index is 0.492. The summed E-state index contributed by atoms with van der Waals surface area (Å²) in [6, 6.07) is 11.1. The van der Waals surface area contributed by atoms with Crippen molar-refractivity contribution in [2.75, 3.05) is 25.5 Å². The first-order valence-corrected chi connectivity index (χ1v) is 7.95. The summed E-state index contributed by atoms with van der Waals surface area (Å²) in [5, 5.41) is 4.93. The summed E-state index contributed by atoms with van der Waals surface area (Å²) in [6.07, 6.45) is 2.56. The van der Waals surface area contributed by atoms with E-state index in [-0.39, 0.29) is 0 Å². The van der Waals surface area contributed by atoms with E-state index in [2.05, 4.69) is 61.4 Å². The van der Waals surface area contributed by atoms with Crippen molar-refractivity contribution in [3.05, 3.63) is 36.0 Å². The Bertz CT molecular complexity index is 615. The summed E-state index contributed by atoms with van der Waals surface area (Å²) < 4.78 is 0. The van der Waals surface area contributed by atoms with E-state index in [4.69, 9.17) is 4.98 Å². The highest BCUT2D eigenvalue weighted by atomic mass is 15.1. The van der Waals surface area contributed by atoms with Crippen LogP contribution in [-0.2, 0) is 0 Å². The molecule has 112 valence electrons. The average Bonchev–Trinajstić information content (AvgIpc) is 2.48. The van der Waals surface area contributed by atoms with E-state index >= 15 is 0 Å². The van der Waals surface area contributed by atoms with Gasteiger partial charge >= 0.3 is 0 Å². The SMILES string of the molecule is Cc1ccc2cccc(NC(C)C3CCN(C)CC3)c2n1. The second-order valence-electron chi connectivity index (χ2n) is 6.40. The molecule has 0 amide bonds. The molecule has 2 aromatic rings. The maximum absolute atomic E-state index is 4.72. The fourth-order valence-electron chi connectivity index (χ4n) is 3.25. The number of piperidine rings is 1. The van der Waals surface area contributed by atoms with E-state index in [1.54, 1.807) is 0 Å². The van der Waals surface area contributed by atoms with Crippen LogP contribution in [0, 0.1) is 12.8 Å². The lowest BCUT2D eigenvalue weighted by Crippen LogP contribution is -2.37. The lowest BCUT2D eigenvalue weighted by Gasteiger charge is -2.33. The molecule has 0 aliphatic carbocycles. The van der Waals surface area contributed by atoms with Gasteiger partial charge < -0.3 is 10.2 Å². The molecule has 1 fully saturated rings. The van der Waals surface area contributed by atoms with Gasteiger partial charge in [0.05, 0.1) is 11.2 Å². The summed E-state index contributed by atoms with van der Waals surface area (Å²) in [7, 11) is 2.21. The Morgan fingerprint density at radius 2 is 1.95 bits per heavy atom. The number of hydrogen-bond donors (Lipinski definition) is 1. The van der Waals surface area contributed by atoms with E-state index in [1.807, 2.05) is 0 Å². The Morgan fingerprint density at radius 1 is 1.19 bits per heavy atom. The number of aromatic nitrogens is 1. The molecule has 3 heteroatoms. The Kier molecular flexibility index (Phi) is 4.11. The van der Waals surface area contributed by atoms with E-state index in [0.717, 1.165) is 17.1 Å². The van der Waals surface area contributed by atoms with Crippen LogP contribution in [0.25, 0.3) is 10.9 Å². The van der Waals surface area contributed by atoms with Crippen molar-refractivity contribution >= 4 is 16.6 Å². The Labute approximate surface area is 127 Å². The summed E-state index contributed by atoms with van der Waals surface area (Å²) in [5.74, 6) is 0.751. The van der Waals surface area contributed by atoms with Crippen molar-refractivity contribution in [1.29, 1.82) is 0 Å². The molecule has 1 aliphatic rings. The zero-order valence-corrected chi connectivity index (χ0v) is 13.3. The standard InChI is InChI=1S/C18H25N3/c1-13-7-8-16-5-4-6-17(18(16)19-13)20-14(2)15-9-11-21(3)12-10-15/h4-8,14-15,20H,9-12H2,1-3H3. The van der Waals surface area contributed by atoms with E-state index in [0.29, 0.717) is 6.04 Å². The molecule has 1 aliphatic heterocycles. The third kappa shape index (κ3) is 3.18. The first kappa shape index (κ1) is 14.3. The molecule has 1 saturated heterocycles. The van der Waals surface area contributed by atoms with Gasteiger partial charge in [0.2, 0.25) is 0 Å². The molecule has 0 radical (unpaired) electrons. The van der Waals surface area contributed by atoms with Crippen molar-refractivity contribution in [2.24, 2.45) is 5.92 Å². The summed E-state index contributed by atoms with van der Waals surface area (Å²) >= 11 is 0. The van der Waals surface area contributed by atoms with Gasteiger partial charge in [-0.3, -0.25) is 4.98 Å². The molecule has 21 heavy (non-hydrogen) atoms. The van der Waals surface area contributed by atoms with Crippen LogP contribution in [0.2, 0.25) is 0 Å². The first-order valence-electron chi connectivity index (χ1n) is 7.95. The van der Waals surface area contributed by atoms with Crippen LogP contribution in [0.5, 0.6) is 0 Å². The number of likely N-dealkylation sites (tertiary alicyclic amines) is 1. The number of anilines is 1. The van der Waals surface area contributed by atoms with Crippen LogP contribution >= 0.6 is 0 Å². The maximum Gasteiger partial charge on any atom is 0.0936 e. The molecule has 3 rings (SSSR count). The van der Waals surface area contributed by atoms with Gasteiger partial charge in [0.15, 0.2) is 0 Å². The Hall–Kier alpha value is -1.61. The first-order chi connectivity index (χ1) is 10.1. The van der Waals surface area contributed by atoms with Gasteiger partial charge in [0.25, 0.3) is 0 Å². The summed E-state index contributed by atoms with van der Waals surface area (Å²) in [5.41, 5.74) is 3.34. The number of nitrogens with one attached hydrogen (secondary N) is 1. The van der Waals surface area contributed by atoms with Gasteiger partial charge in [0, 0.05) is 17.1 Å². The van der Waals surface area contributed by atoms with Gasteiger partial charge in [-0.2, -0.15) is 0 Å². The van der Waals surface area contributed by atoms with Gasteiger partial charge in [-0.1, -0.05) is 18.2 Å². The molecule has 0 bridgehead atoms. The van der Waals surface area contributed by atoms with Gasteiger partial charge in [0.1, 0.15) is 0 Å². The zero-order valence-electron chi connectivity index (χ0n) is 13.3. The van der Waals surface area contributed by atoms with Crippen LogP contribution in [0.3, 0.4) is 0 Å². The zero-order chi connectivity index (χ0) is 14.8. The molecule has 1 atom stereocenters. The number of para-hydroxylation sites is 1. The van der Waals surface area contributed by atoms with Crippen molar-refractivity contribution in [3.63, 3.8) is 0 Å². The van der Waals surface area contributed by atoms with Crippen molar-refractivity contribution in [1.82, 2.24) is 9.88 Å². The molecule has 1 N–H and O–H groups in total. The van der Waals surface area contributed by atoms with Crippen LogP contribution in [0.1, 0.15) is 25.5 Å². The third-order valence-electron chi connectivity index (χ3n) is 4.71. The predicted molar refractivity (Wildman–Crippen MR) is 89.8 cm³/mol. The minimum Gasteiger partial charge on any atom is -0.381 e. The molecule has 1 aromatic heterocycles. The summed E-state index contributed by atoms with van der Waals surface area (Å²) in [6.45, 7) is 6.79. The van der Waals surface area contributed by atoms with E-state index in [1.165, 1.54) is 37.0 Å². The second-order valence-corrected chi connectivity index (χ2v) is 6.40. The number of hydrogen-bond acceptors (Lipinski definition) is 3. The van der Waals surface area contributed by atoms with Crippen LogP contribution in [0.4, 0.5) is 5.69 Å². The topological polar surface area (TPSA) is 28.2 Å². The average molecular weight is 283 g/mol. The molecule has 0 spiro atoms. The molecular formula is C18H25N3. The van der Waals surface area contributed by atoms with Gasteiger partial charge in [-0.25, -0.2) is 0 Å². The molecular weight excluding hydrogens is 258 g/mol. The molecule has 2 heterocycles. The highest BCUT2D eigenvalue weighted by Crippen LogP contribution is 2.26. The Balaban J connectivity index is 1.79. The van der Waals surface area contributed by atoms with Crippen LogP contribution < -0.4 is 5.32 Å². The molecule has 0 saturated carbocycles. The number of benzene rings is 1. The van der Waals surface area contributed by atoms with Crippen molar-refractivity contribution in [3.8, 4) is 0 Å². The normalized spacial score (nSPS) is 18.8. The molecule has 1 unspecified atom stereocenters. The lowest BCUT2D eigenvalue weighted by molar-refractivity contribution is 0.208. The highest BCUT2D eigenvalue weighted by Gasteiger charge is 2.22. The maximum atomic E-state index is 4.72. The van der Waals surface area contributed by atoms with Crippen molar-refractivity contribution < 1.29 is 0 Å². The van der Waals surface area contributed by atoms with Gasteiger partial charge in [-0.15, -0.1) is 0 Å². The van der Waals surface area contributed by atoms with E-state index < -0.39 is 0 Å². The monoisotopic (exact) mass is 283 g/mol. The summed E-state index contributed by atoms with van der Waals surface area (Å²) in [4.78, 5) is 7.14. The number of nitrogens with zero attached hydrogens (tertiary/aromatic N) is 2. The quantitative estimate of drug-likeness (QED) is 0.931. The smallest absolute Gasteiger partial charge is 0.0936 e. The Morgan fingerprint density at radius 3 is 2.71 bits per heavy atom. The predicted octanol–water partition coefficient (Wildman–Crippen LogP) is 3.69. The molecule has 3 nitrogen and oxygen atoms in total. The number of pyridine rings is 1. The minimum absolute atomic E-state index is 0.492. The van der Waals surface area contributed by atoms with Gasteiger partial charge in [-0.05, 0) is 64.9 Å². The highest BCUT2D eigenvalue weighted by molar-refractivity contribution is 5.90. The lowest BCUT2D eigenvalue weighted by atomic mass is 9.90. The van der Waals surface area contributed by atoms with E-state index in [9.17, 15) is 0 Å². The second kappa shape index (κ2) is 6.02. The largest absolute Gasteiger partial charge is 0.381 e. The van der Waals surface area contributed by atoms with Crippen LogP contribution in [0.15, 0.2) is 30.3 Å². The number of aryl methyl sites for hydroxylation is 1. The number of fused-ring (bicyclic) bond motifs is 1. The van der Waals surface area contributed by atoms with Crippen molar-refractivity contribution in [2.45, 2.75) is 32.7 Å². The van der Waals surface area contributed by atoms with Crippen LogP contribution in [-0.4, -0.2) is 36.1 Å². The fourth-order valence-corrected chi connectivity index (χ4v) is 3.25. The fraction of sp³-hybridized carbons (Fsp3) is 0.500. The third-order valence-corrected chi connectivity index (χ3v) is 4.71.